The van der Waals surface area contributed by atoms with Gasteiger partial charge in [-0.1, -0.05) is 6.92 Å². The summed E-state index contributed by atoms with van der Waals surface area (Å²) in [7, 11) is 0. The summed E-state index contributed by atoms with van der Waals surface area (Å²) < 4.78 is 0. The first-order valence-corrected chi connectivity index (χ1v) is 6.39. The second-order valence-corrected chi connectivity index (χ2v) is 5.19. The molecule has 0 aliphatic heterocycles. The van der Waals surface area contributed by atoms with Crippen LogP contribution in [0.25, 0.3) is 10.2 Å². The van der Waals surface area contributed by atoms with Gasteiger partial charge in [0.1, 0.15) is 10.7 Å². The summed E-state index contributed by atoms with van der Waals surface area (Å²) in [6.07, 6.45) is 4.81. The van der Waals surface area contributed by atoms with E-state index in [1.807, 2.05) is 18.3 Å². The van der Waals surface area contributed by atoms with Crippen LogP contribution in [0.15, 0.2) is 0 Å². The van der Waals surface area contributed by atoms with Crippen molar-refractivity contribution in [3.63, 3.8) is 0 Å². The molecule has 0 atom stereocenters. The molecule has 78 valence electrons. The van der Waals surface area contributed by atoms with E-state index in [2.05, 4.69) is 16.9 Å². The minimum absolute atomic E-state index is 0.916. The van der Waals surface area contributed by atoms with Crippen LogP contribution in [-0.2, 0) is 19.3 Å². The van der Waals surface area contributed by atoms with E-state index in [1.54, 1.807) is 10.4 Å². The highest BCUT2D eigenvalue weighted by atomic mass is 32.1. The van der Waals surface area contributed by atoms with E-state index < -0.39 is 0 Å². The van der Waals surface area contributed by atoms with Gasteiger partial charge in [-0.15, -0.1) is 11.3 Å². The van der Waals surface area contributed by atoms with Crippen molar-refractivity contribution in [2.24, 2.45) is 0 Å². The molecule has 3 rings (SSSR count). The van der Waals surface area contributed by atoms with Crippen molar-refractivity contribution in [3.05, 3.63) is 22.0 Å². The highest BCUT2D eigenvalue weighted by molar-refractivity contribution is 7.18. The van der Waals surface area contributed by atoms with Gasteiger partial charge in [-0.05, 0) is 38.2 Å². The van der Waals surface area contributed by atoms with Gasteiger partial charge in [-0.2, -0.15) is 0 Å². The van der Waals surface area contributed by atoms with E-state index in [1.165, 1.54) is 35.2 Å². The molecule has 0 spiro atoms. The van der Waals surface area contributed by atoms with Crippen LogP contribution in [-0.4, -0.2) is 9.97 Å². The fourth-order valence-electron chi connectivity index (χ4n) is 2.45. The lowest BCUT2D eigenvalue weighted by molar-refractivity contribution is 0.913. The molecule has 2 aromatic heterocycles. The van der Waals surface area contributed by atoms with E-state index in [9.17, 15) is 0 Å². The van der Waals surface area contributed by atoms with E-state index in [0.29, 0.717) is 0 Å². The zero-order chi connectivity index (χ0) is 10.4. The summed E-state index contributed by atoms with van der Waals surface area (Å²) in [5.41, 5.74) is 2.80. The normalized spacial score (nSPS) is 14.8. The number of nitrogens with zero attached hydrogens (tertiary/aromatic N) is 2. The van der Waals surface area contributed by atoms with Crippen molar-refractivity contribution in [1.82, 2.24) is 9.97 Å². The molecular formula is C12H14N2S. The Morgan fingerprint density at radius 1 is 1.27 bits per heavy atom. The van der Waals surface area contributed by atoms with E-state index in [-0.39, 0.29) is 0 Å². The molecule has 2 nitrogen and oxygen atoms in total. The second-order valence-electron chi connectivity index (χ2n) is 4.11. The predicted molar refractivity (Wildman–Crippen MR) is 63.6 cm³/mol. The Hall–Kier alpha value is -0.960. The summed E-state index contributed by atoms with van der Waals surface area (Å²) in [5.74, 6) is 0.916. The topological polar surface area (TPSA) is 25.8 Å². The number of thiophene rings is 1. The first-order chi connectivity index (χ1) is 7.29. The third kappa shape index (κ3) is 1.29. The lowest BCUT2D eigenvalue weighted by Gasteiger charge is -2.02. The van der Waals surface area contributed by atoms with Crippen molar-refractivity contribution < 1.29 is 0 Å². The van der Waals surface area contributed by atoms with Crippen LogP contribution in [0.3, 0.4) is 0 Å². The Morgan fingerprint density at radius 2 is 2.13 bits per heavy atom. The monoisotopic (exact) mass is 218 g/mol. The number of fused-ring (bicyclic) bond motifs is 3. The fraction of sp³-hybridized carbons (Fsp3) is 0.500. The van der Waals surface area contributed by atoms with Gasteiger partial charge in [0.15, 0.2) is 0 Å². The Balaban J connectivity index is 2.39. The number of aryl methyl sites for hydroxylation is 4. The summed E-state index contributed by atoms with van der Waals surface area (Å²) in [6, 6.07) is 0. The highest BCUT2D eigenvalue weighted by Gasteiger charge is 2.20. The molecule has 0 unspecified atom stereocenters. The quantitative estimate of drug-likeness (QED) is 0.735. The summed E-state index contributed by atoms with van der Waals surface area (Å²) in [6.45, 7) is 4.17. The Bertz CT molecular complexity index is 528. The molecule has 0 aromatic carbocycles. The molecule has 0 fully saturated rings. The predicted octanol–water partition coefficient (Wildman–Crippen LogP) is 3.05. The molecule has 0 saturated carbocycles. The molecule has 0 bridgehead atoms. The van der Waals surface area contributed by atoms with Gasteiger partial charge >= 0.3 is 0 Å². The third-order valence-electron chi connectivity index (χ3n) is 3.09. The molecule has 0 N–H and O–H groups in total. The van der Waals surface area contributed by atoms with Gasteiger partial charge in [-0.25, -0.2) is 9.97 Å². The standard InChI is InChI=1S/C12H14N2S/c1-3-9-11-8-5-4-6-10(8)15-12(11)14-7(2)13-9/h3-6H2,1-2H3. The fourth-order valence-corrected chi connectivity index (χ4v) is 3.77. The lowest BCUT2D eigenvalue weighted by Crippen LogP contribution is -1.95. The molecule has 0 amide bonds. The summed E-state index contributed by atoms with van der Waals surface area (Å²) in [4.78, 5) is 11.9. The van der Waals surface area contributed by atoms with Gasteiger partial charge in [0, 0.05) is 10.3 Å². The SMILES string of the molecule is CCc1nc(C)nc2sc3c(c12)CCC3. The van der Waals surface area contributed by atoms with Gasteiger partial charge in [0.25, 0.3) is 0 Å². The first-order valence-electron chi connectivity index (χ1n) is 5.57. The maximum Gasteiger partial charge on any atom is 0.127 e. The van der Waals surface area contributed by atoms with Crippen molar-refractivity contribution in [2.45, 2.75) is 39.5 Å². The Kier molecular flexibility index (Phi) is 2.02. The van der Waals surface area contributed by atoms with Crippen LogP contribution >= 0.6 is 11.3 Å². The smallest absolute Gasteiger partial charge is 0.127 e. The maximum absolute atomic E-state index is 4.57. The molecule has 3 heteroatoms. The minimum atomic E-state index is 0.916. The summed E-state index contributed by atoms with van der Waals surface area (Å²) in [5, 5.41) is 1.38. The minimum Gasteiger partial charge on any atom is -0.238 e. The van der Waals surface area contributed by atoms with Gasteiger partial charge < -0.3 is 0 Å². The van der Waals surface area contributed by atoms with Crippen molar-refractivity contribution >= 4 is 21.6 Å². The van der Waals surface area contributed by atoms with Crippen LogP contribution < -0.4 is 0 Å². The molecule has 2 aromatic rings. The molecule has 0 radical (unpaired) electrons. The van der Waals surface area contributed by atoms with Crippen LogP contribution in [0, 0.1) is 6.92 Å². The van der Waals surface area contributed by atoms with E-state index in [4.69, 9.17) is 0 Å². The lowest BCUT2D eigenvalue weighted by atomic mass is 10.1. The van der Waals surface area contributed by atoms with Crippen molar-refractivity contribution in [3.8, 4) is 0 Å². The molecule has 0 saturated heterocycles. The van der Waals surface area contributed by atoms with E-state index in [0.717, 1.165) is 12.2 Å². The average molecular weight is 218 g/mol. The van der Waals surface area contributed by atoms with Gasteiger partial charge in [-0.3, -0.25) is 0 Å². The number of rotatable bonds is 1. The maximum atomic E-state index is 4.57. The largest absolute Gasteiger partial charge is 0.238 e. The average Bonchev–Trinajstić information content (AvgIpc) is 2.75. The molecular weight excluding hydrogens is 204 g/mol. The first kappa shape index (κ1) is 9.28. The Morgan fingerprint density at radius 3 is 2.93 bits per heavy atom. The molecule has 2 heterocycles. The Labute approximate surface area is 93.4 Å². The van der Waals surface area contributed by atoms with Crippen LogP contribution in [0.2, 0.25) is 0 Å². The van der Waals surface area contributed by atoms with E-state index >= 15 is 0 Å². The number of hydrogen-bond donors (Lipinski definition) is 0. The van der Waals surface area contributed by atoms with Gasteiger partial charge in [0.2, 0.25) is 0 Å². The second kappa shape index (κ2) is 3.27. The number of hydrogen-bond acceptors (Lipinski definition) is 3. The highest BCUT2D eigenvalue weighted by Crippen LogP contribution is 2.37. The third-order valence-corrected chi connectivity index (χ3v) is 4.27. The molecule has 1 aliphatic carbocycles. The van der Waals surface area contributed by atoms with Crippen molar-refractivity contribution in [1.29, 1.82) is 0 Å². The van der Waals surface area contributed by atoms with Crippen molar-refractivity contribution in [2.75, 3.05) is 0 Å². The van der Waals surface area contributed by atoms with Crippen LogP contribution in [0.1, 0.15) is 35.3 Å². The number of aromatic nitrogens is 2. The zero-order valence-corrected chi connectivity index (χ0v) is 9.95. The van der Waals surface area contributed by atoms with Gasteiger partial charge in [0.05, 0.1) is 5.69 Å². The van der Waals surface area contributed by atoms with Crippen LogP contribution in [0.4, 0.5) is 0 Å². The molecule has 15 heavy (non-hydrogen) atoms. The van der Waals surface area contributed by atoms with Crippen LogP contribution in [0.5, 0.6) is 0 Å². The zero-order valence-electron chi connectivity index (χ0n) is 9.13. The summed E-state index contributed by atoms with van der Waals surface area (Å²) >= 11 is 1.88. The molecule has 1 aliphatic rings.